The second-order valence-electron chi connectivity index (χ2n) is 4.90. The summed E-state index contributed by atoms with van der Waals surface area (Å²) in [5.74, 6) is -0.267. The van der Waals surface area contributed by atoms with Gasteiger partial charge in [-0.25, -0.2) is 4.39 Å². The molecule has 1 aromatic carbocycles. The van der Waals surface area contributed by atoms with Gasteiger partial charge in [-0.15, -0.1) is 0 Å². The average molecular weight is 250 g/mol. The lowest BCUT2D eigenvalue weighted by molar-refractivity contribution is -0.124. The van der Waals surface area contributed by atoms with E-state index in [-0.39, 0.29) is 17.8 Å². The molecule has 1 aliphatic heterocycles. The molecule has 2 rings (SSSR count). The molecule has 18 heavy (non-hydrogen) atoms. The highest BCUT2D eigenvalue weighted by Gasteiger charge is 2.23. The van der Waals surface area contributed by atoms with Gasteiger partial charge in [0.15, 0.2) is 0 Å². The molecule has 2 N–H and O–H groups in total. The molecule has 0 aromatic heterocycles. The maximum Gasteiger partial charge on any atom is 0.237 e. The number of benzene rings is 1. The van der Waals surface area contributed by atoms with Gasteiger partial charge in [0, 0.05) is 12.6 Å². The van der Waals surface area contributed by atoms with Gasteiger partial charge in [0.25, 0.3) is 0 Å². The zero-order valence-corrected chi connectivity index (χ0v) is 10.6. The number of carbonyl (C=O) groups is 1. The summed E-state index contributed by atoms with van der Waals surface area (Å²) in [7, 11) is 0. The summed E-state index contributed by atoms with van der Waals surface area (Å²) < 4.78 is 13.0. The van der Waals surface area contributed by atoms with Gasteiger partial charge in [0.1, 0.15) is 5.82 Å². The molecule has 2 unspecified atom stereocenters. The zero-order chi connectivity index (χ0) is 13.0. The first-order valence-corrected chi connectivity index (χ1v) is 6.43. The van der Waals surface area contributed by atoms with Gasteiger partial charge < -0.3 is 10.6 Å². The summed E-state index contributed by atoms with van der Waals surface area (Å²) in [6, 6.07) is 6.58. The Morgan fingerprint density at radius 1 is 1.50 bits per heavy atom. The maximum atomic E-state index is 13.0. The smallest absolute Gasteiger partial charge is 0.237 e. The normalized spacial score (nSPS) is 23.7. The SMILES string of the molecule is CC1CCCC(C(=O)NCc2cccc(F)c2)N1. The zero-order valence-electron chi connectivity index (χ0n) is 10.6. The van der Waals surface area contributed by atoms with Crippen LogP contribution in [0.3, 0.4) is 0 Å². The van der Waals surface area contributed by atoms with Crippen LogP contribution in [0.5, 0.6) is 0 Å². The molecule has 1 amide bonds. The molecule has 2 atom stereocenters. The Kier molecular flexibility index (Phi) is 4.31. The number of hydrogen-bond donors (Lipinski definition) is 2. The molecule has 0 radical (unpaired) electrons. The van der Waals surface area contributed by atoms with Crippen molar-refractivity contribution in [3.05, 3.63) is 35.6 Å². The highest BCUT2D eigenvalue weighted by atomic mass is 19.1. The highest BCUT2D eigenvalue weighted by molar-refractivity contribution is 5.81. The quantitative estimate of drug-likeness (QED) is 0.861. The van der Waals surface area contributed by atoms with E-state index in [1.807, 2.05) is 0 Å². The van der Waals surface area contributed by atoms with E-state index in [1.54, 1.807) is 12.1 Å². The minimum Gasteiger partial charge on any atom is -0.351 e. The number of amides is 1. The number of nitrogens with one attached hydrogen (secondary N) is 2. The van der Waals surface area contributed by atoms with Crippen LogP contribution in [0.1, 0.15) is 31.7 Å². The third-order valence-electron chi connectivity index (χ3n) is 3.29. The summed E-state index contributed by atoms with van der Waals surface area (Å²) >= 11 is 0. The van der Waals surface area contributed by atoms with Gasteiger partial charge in [-0.05, 0) is 43.9 Å². The molecule has 4 heteroatoms. The third-order valence-corrected chi connectivity index (χ3v) is 3.29. The first-order valence-electron chi connectivity index (χ1n) is 6.43. The molecule has 1 aliphatic rings. The third kappa shape index (κ3) is 3.53. The predicted octanol–water partition coefficient (Wildman–Crippen LogP) is 1.97. The molecule has 1 fully saturated rings. The van der Waals surface area contributed by atoms with Gasteiger partial charge in [-0.3, -0.25) is 4.79 Å². The highest BCUT2D eigenvalue weighted by Crippen LogP contribution is 2.12. The first kappa shape index (κ1) is 13.0. The minimum absolute atomic E-state index is 0.00538. The molecule has 0 spiro atoms. The Morgan fingerprint density at radius 2 is 2.33 bits per heavy atom. The van der Waals surface area contributed by atoms with Crippen LogP contribution in [0.15, 0.2) is 24.3 Å². The van der Waals surface area contributed by atoms with Gasteiger partial charge in [0.05, 0.1) is 6.04 Å². The van der Waals surface area contributed by atoms with E-state index in [1.165, 1.54) is 12.1 Å². The fourth-order valence-electron chi connectivity index (χ4n) is 2.30. The second-order valence-corrected chi connectivity index (χ2v) is 4.90. The molecular formula is C14H19FN2O. The molecule has 98 valence electrons. The van der Waals surface area contributed by atoms with E-state index < -0.39 is 0 Å². The fourth-order valence-corrected chi connectivity index (χ4v) is 2.30. The Bertz CT molecular complexity index is 422. The van der Waals surface area contributed by atoms with Gasteiger partial charge in [0.2, 0.25) is 5.91 Å². The number of piperidine rings is 1. The number of halogens is 1. The van der Waals surface area contributed by atoms with Crippen molar-refractivity contribution in [2.24, 2.45) is 0 Å². The topological polar surface area (TPSA) is 41.1 Å². The van der Waals surface area contributed by atoms with Crippen LogP contribution in [0.25, 0.3) is 0 Å². The van der Waals surface area contributed by atoms with Crippen LogP contribution in [0.4, 0.5) is 4.39 Å². The second kappa shape index (κ2) is 5.96. The monoisotopic (exact) mass is 250 g/mol. The Labute approximate surface area is 107 Å². The van der Waals surface area contributed by atoms with Crippen molar-refractivity contribution in [3.8, 4) is 0 Å². The lowest BCUT2D eigenvalue weighted by atomic mass is 9.99. The first-order chi connectivity index (χ1) is 8.65. The predicted molar refractivity (Wildman–Crippen MR) is 68.5 cm³/mol. The fraction of sp³-hybridized carbons (Fsp3) is 0.500. The summed E-state index contributed by atoms with van der Waals surface area (Å²) in [6.45, 7) is 2.47. The lowest BCUT2D eigenvalue weighted by Gasteiger charge is -2.27. The molecule has 0 aliphatic carbocycles. The average Bonchev–Trinajstić information content (AvgIpc) is 2.36. The molecular weight excluding hydrogens is 231 g/mol. The molecule has 1 saturated heterocycles. The molecule has 1 heterocycles. The molecule has 0 saturated carbocycles. The van der Waals surface area contributed by atoms with Crippen LogP contribution in [-0.4, -0.2) is 18.0 Å². The van der Waals surface area contributed by atoms with Crippen molar-refractivity contribution in [1.82, 2.24) is 10.6 Å². The lowest BCUT2D eigenvalue weighted by Crippen LogP contribution is -2.49. The van der Waals surface area contributed by atoms with E-state index in [9.17, 15) is 9.18 Å². The summed E-state index contributed by atoms with van der Waals surface area (Å²) in [6.07, 6.45) is 3.07. The van der Waals surface area contributed by atoms with Gasteiger partial charge in [-0.1, -0.05) is 12.1 Å². The number of rotatable bonds is 3. The Hall–Kier alpha value is -1.42. The van der Waals surface area contributed by atoms with Gasteiger partial charge >= 0.3 is 0 Å². The molecule has 0 bridgehead atoms. The van der Waals surface area contributed by atoms with E-state index >= 15 is 0 Å². The summed E-state index contributed by atoms with van der Waals surface area (Å²) in [5, 5.41) is 6.13. The van der Waals surface area contributed by atoms with E-state index in [0.717, 1.165) is 24.8 Å². The van der Waals surface area contributed by atoms with Crippen molar-refractivity contribution in [2.75, 3.05) is 0 Å². The van der Waals surface area contributed by atoms with E-state index in [2.05, 4.69) is 17.6 Å². The van der Waals surface area contributed by atoms with Crippen LogP contribution < -0.4 is 10.6 Å². The standard InChI is InChI=1S/C14H19FN2O/c1-10-4-2-7-13(17-10)14(18)16-9-11-5-3-6-12(15)8-11/h3,5-6,8,10,13,17H,2,4,7,9H2,1H3,(H,16,18). The Balaban J connectivity index is 1.84. The van der Waals surface area contributed by atoms with Crippen LogP contribution >= 0.6 is 0 Å². The molecule has 1 aromatic rings. The van der Waals surface area contributed by atoms with Crippen LogP contribution in [0, 0.1) is 5.82 Å². The van der Waals surface area contributed by atoms with Crippen molar-refractivity contribution >= 4 is 5.91 Å². The largest absolute Gasteiger partial charge is 0.351 e. The van der Waals surface area contributed by atoms with Crippen LogP contribution in [-0.2, 0) is 11.3 Å². The van der Waals surface area contributed by atoms with Crippen molar-refractivity contribution in [2.45, 2.75) is 44.8 Å². The van der Waals surface area contributed by atoms with Crippen molar-refractivity contribution < 1.29 is 9.18 Å². The van der Waals surface area contributed by atoms with E-state index in [4.69, 9.17) is 0 Å². The minimum atomic E-state index is -0.272. The van der Waals surface area contributed by atoms with Crippen LogP contribution in [0.2, 0.25) is 0 Å². The summed E-state index contributed by atoms with van der Waals surface area (Å²) in [5.41, 5.74) is 0.784. The maximum absolute atomic E-state index is 13.0. The van der Waals surface area contributed by atoms with Crippen molar-refractivity contribution in [1.29, 1.82) is 0 Å². The number of hydrogen-bond acceptors (Lipinski definition) is 2. The van der Waals surface area contributed by atoms with E-state index in [0.29, 0.717) is 12.6 Å². The summed E-state index contributed by atoms with van der Waals surface area (Å²) in [4.78, 5) is 11.9. The van der Waals surface area contributed by atoms with Crippen molar-refractivity contribution in [3.63, 3.8) is 0 Å². The Morgan fingerprint density at radius 3 is 3.06 bits per heavy atom. The number of carbonyl (C=O) groups excluding carboxylic acids is 1. The molecule has 3 nitrogen and oxygen atoms in total. The van der Waals surface area contributed by atoms with Gasteiger partial charge in [-0.2, -0.15) is 0 Å².